The van der Waals surface area contributed by atoms with Crippen LogP contribution in [0.1, 0.15) is 18.1 Å². The number of hydrogen-bond donors (Lipinski definition) is 1. The highest BCUT2D eigenvalue weighted by Gasteiger charge is 2.10. The van der Waals surface area contributed by atoms with Crippen molar-refractivity contribution in [3.05, 3.63) is 42.0 Å². The van der Waals surface area contributed by atoms with Gasteiger partial charge < -0.3 is 5.11 Å². The van der Waals surface area contributed by atoms with Crippen LogP contribution < -0.4 is 0 Å². The Morgan fingerprint density at radius 1 is 1.50 bits per heavy atom. The van der Waals surface area contributed by atoms with Crippen LogP contribution in [0.5, 0.6) is 0 Å². The molecule has 0 aliphatic rings. The standard InChI is InChI=1S/C12H14O2/c1-3-10-4-6-11(7-5-10)8-9(2)12(13)14/h3-7,9H,1,8H2,2H3,(H,13,14). The number of aliphatic carboxylic acids is 1. The molecule has 14 heavy (non-hydrogen) atoms. The maximum absolute atomic E-state index is 10.6. The number of rotatable bonds is 4. The van der Waals surface area contributed by atoms with E-state index in [0.717, 1.165) is 11.1 Å². The van der Waals surface area contributed by atoms with Crippen molar-refractivity contribution >= 4 is 12.0 Å². The highest BCUT2D eigenvalue weighted by Crippen LogP contribution is 2.10. The molecule has 2 heteroatoms. The van der Waals surface area contributed by atoms with Crippen LogP contribution in [0.3, 0.4) is 0 Å². The Labute approximate surface area is 83.9 Å². The van der Waals surface area contributed by atoms with Crippen LogP contribution in [-0.2, 0) is 11.2 Å². The lowest BCUT2D eigenvalue weighted by molar-refractivity contribution is -0.141. The molecule has 0 aliphatic carbocycles. The van der Waals surface area contributed by atoms with Gasteiger partial charge in [-0.25, -0.2) is 0 Å². The second kappa shape index (κ2) is 4.61. The summed E-state index contributed by atoms with van der Waals surface area (Å²) >= 11 is 0. The van der Waals surface area contributed by atoms with Crippen LogP contribution in [0.15, 0.2) is 30.8 Å². The summed E-state index contributed by atoms with van der Waals surface area (Å²) in [5.41, 5.74) is 2.10. The average molecular weight is 190 g/mol. The van der Waals surface area contributed by atoms with Gasteiger partial charge in [0, 0.05) is 0 Å². The Kier molecular flexibility index (Phi) is 3.46. The Morgan fingerprint density at radius 2 is 2.07 bits per heavy atom. The summed E-state index contributed by atoms with van der Waals surface area (Å²) in [4.78, 5) is 10.6. The zero-order chi connectivity index (χ0) is 10.6. The molecule has 0 spiro atoms. The van der Waals surface area contributed by atoms with Gasteiger partial charge in [-0.05, 0) is 17.5 Å². The summed E-state index contributed by atoms with van der Waals surface area (Å²) < 4.78 is 0. The molecule has 1 N–H and O–H groups in total. The van der Waals surface area contributed by atoms with Crippen LogP contribution in [0.2, 0.25) is 0 Å². The van der Waals surface area contributed by atoms with E-state index in [1.165, 1.54) is 0 Å². The van der Waals surface area contributed by atoms with E-state index in [1.54, 1.807) is 13.0 Å². The van der Waals surface area contributed by atoms with E-state index < -0.39 is 5.97 Å². The minimum absolute atomic E-state index is 0.329. The molecule has 1 unspecified atom stereocenters. The molecule has 0 fully saturated rings. The van der Waals surface area contributed by atoms with Crippen LogP contribution in [0.4, 0.5) is 0 Å². The van der Waals surface area contributed by atoms with Crippen molar-refractivity contribution in [3.8, 4) is 0 Å². The summed E-state index contributed by atoms with van der Waals surface area (Å²) in [7, 11) is 0. The van der Waals surface area contributed by atoms with Gasteiger partial charge in [0.25, 0.3) is 0 Å². The summed E-state index contributed by atoms with van der Waals surface area (Å²) in [6.07, 6.45) is 2.34. The molecule has 1 rings (SSSR count). The van der Waals surface area contributed by atoms with Gasteiger partial charge in [-0.3, -0.25) is 4.79 Å². The Bertz CT molecular complexity index is 325. The molecule has 74 valence electrons. The fraction of sp³-hybridized carbons (Fsp3) is 0.250. The lowest BCUT2D eigenvalue weighted by atomic mass is 10.0. The van der Waals surface area contributed by atoms with Crippen molar-refractivity contribution in [2.24, 2.45) is 5.92 Å². The van der Waals surface area contributed by atoms with Crippen LogP contribution >= 0.6 is 0 Å². The molecule has 0 amide bonds. The van der Waals surface area contributed by atoms with Crippen molar-refractivity contribution in [1.29, 1.82) is 0 Å². The van der Waals surface area contributed by atoms with Crippen LogP contribution in [0.25, 0.3) is 6.08 Å². The first-order valence-corrected chi connectivity index (χ1v) is 4.57. The predicted molar refractivity (Wildman–Crippen MR) is 57.0 cm³/mol. The average Bonchev–Trinajstić information content (AvgIpc) is 2.19. The summed E-state index contributed by atoms with van der Waals surface area (Å²) in [5, 5.41) is 8.73. The molecule has 0 aliphatic heterocycles. The number of carboxylic acids is 1. The summed E-state index contributed by atoms with van der Waals surface area (Å²) in [6, 6.07) is 7.76. The fourth-order valence-corrected chi connectivity index (χ4v) is 1.23. The maximum atomic E-state index is 10.6. The zero-order valence-corrected chi connectivity index (χ0v) is 8.23. The number of carbonyl (C=O) groups is 1. The number of benzene rings is 1. The molecular weight excluding hydrogens is 176 g/mol. The molecule has 1 aromatic carbocycles. The Morgan fingerprint density at radius 3 is 2.50 bits per heavy atom. The quantitative estimate of drug-likeness (QED) is 0.792. The van der Waals surface area contributed by atoms with E-state index in [1.807, 2.05) is 24.3 Å². The van der Waals surface area contributed by atoms with Gasteiger partial charge >= 0.3 is 5.97 Å². The SMILES string of the molecule is C=Cc1ccc(CC(C)C(=O)O)cc1. The first kappa shape index (κ1) is 10.5. The van der Waals surface area contributed by atoms with Gasteiger partial charge in [0.05, 0.1) is 5.92 Å². The van der Waals surface area contributed by atoms with Gasteiger partial charge in [-0.15, -0.1) is 0 Å². The third-order valence-electron chi connectivity index (χ3n) is 2.18. The molecule has 0 bridgehead atoms. The van der Waals surface area contributed by atoms with Crippen molar-refractivity contribution in [2.45, 2.75) is 13.3 Å². The zero-order valence-electron chi connectivity index (χ0n) is 8.23. The topological polar surface area (TPSA) is 37.3 Å². The monoisotopic (exact) mass is 190 g/mol. The van der Waals surface area contributed by atoms with Gasteiger partial charge in [0.2, 0.25) is 0 Å². The second-order valence-corrected chi connectivity index (χ2v) is 3.39. The molecule has 1 aromatic rings. The Balaban J connectivity index is 2.68. The first-order valence-electron chi connectivity index (χ1n) is 4.57. The van der Waals surface area contributed by atoms with E-state index in [0.29, 0.717) is 6.42 Å². The Hall–Kier alpha value is -1.57. The summed E-state index contributed by atoms with van der Waals surface area (Å²) in [5.74, 6) is -1.08. The normalized spacial score (nSPS) is 12.1. The molecule has 0 aromatic heterocycles. The molecule has 0 saturated heterocycles. The highest BCUT2D eigenvalue weighted by atomic mass is 16.4. The van der Waals surface area contributed by atoms with Gasteiger partial charge in [0.1, 0.15) is 0 Å². The molecule has 2 nitrogen and oxygen atoms in total. The van der Waals surface area contributed by atoms with E-state index in [4.69, 9.17) is 5.11 Å². The third-order valence-corrected chi connectivity index (χ3v) is 2.18. The maximum Gasteiger partial charge on any atom is 0.306 e. The number of carboxylic acid groups (broad SMARTS) is 1. The molecule has 0 radical (unpaired) electrons. The van der Waals surface area contributed by atoms with E-state index in [9.17, 15) is 4.79 Å². The second-order valence-electron chi connectivity index (χ2n) is 3.39. The predicted octanol–water partition coefficient (Wildman–Crippen LogP) is 2.59. The summed E-state index contributed by atoms with van der Waals surface area (Å²) in [6.45, 7) is 5.37. The lowest BCUT2D eigenvalue weighted by Gasteiger charge is -2.05. The molecule has 0 saturated carbocycles. The largest absolute Gasteiger partial charge is 0.481 e. The number of hydrogen-bond acceptors (Lipinski definition) is 1. The van der Waals surface area contributed by atoms with Crippen molar-refractivity contribution < 1.29 is 9.90 Å². The van der Waals surface area contributed by atoms with E-state index in [2.05, 4.69) is 6.58 Å². The molecular formula is C12H14O2. The minimum atomic E-state index is -0.752. The van der Waals surface area contributed by atoms with Crippen molar-refractivity contribution in [3.63, 3.8) is 0 Å². The van der Waals surface area contributed by atoms with Crippen molar-refractivity contribution in [2.75, 3.05) is 0 Å². The van der Waals surface area contributed by atoms with Gasteiger partial charge in [0.15, 0.2) is 0 Å². The molecule has 0 heterocycles. The molecule has 1 atom stereocenters. The van der Waals surface area contributed by atoms with Gasteiger partial charge in [-0.1, -0.05) is 43.8 Å². The first-order chi connectivity index (χ1) is 6.63. The van der Waals surface area contributed by atoms with E-state index in [-0.39, 0.29) is 5.92 Å². The fourth-order valence-electron chi connectivity index (χ4n) is 1.23. The minimum Gasteiger partial charge on any atom is -0.481 e. The van der Waals surface area contributed by atoms with Crippen molar-refractivity contribution in [1.82, 2.24) is 0 Å². The lowest BCUT2D eigenvalue weighted by Crippen LogP contribution is -2.12. The third kappa shape index (κ3) is 2.73. The van der Waals surface area contributed by atoms with E-state index >= 15 is 0 Å². The smallest absolute Gasteiger partial charge is 0.306 e. The van der Waals surface area contributed by atoms with Crippen LogP contribution in [-0.4, -0.2) is 11.1 Å². The van der Waals surface area contributed by atoms with Gasteiger partial charge in [-0.2, -0.15) is 0 Å². The van der Waals surface area contributed by atoms with Crippen LogP contribution in [0, 0.1) is 5.92 Å². The highest BCUT2D eigenvalue weighted by molar-refractivity contribution is 5.69.